The van der Waals surface area contributed by atoms with Gasteiger partial charge in [0, 0.05) is 16.5 Å². The molecule has 18 heavy (non-hydrogen) atoms. The number of furan rings is 1. The monoisotopic (exact) mass is 260 g/mol. The quantitative estimate of drug-likeness (QED) is 0.733. The van der Waals surface area contributed by atoms with Crippen molar-refractivity contribution in [2.24, 2.45) is 0 Å². The van der Waals surface area contributed by atoms with Crippen LogP contribution >= 0.6 is 11.6 Å². The molecule has 90 valence electrons. The third-order valence-electron chi connectivity index (χ3n) is 2.58. The van der Waals surface area contributed by atoms with Gasteiger partial charge in [0.15, 0.2) is 22.8 Å². The maximum Gasteiger partial charge on any atom is 0.176 e. The first-order valence-electron chi connectivity index (χ1n) is 5.36. The number of halogens is 1. The molecule has 1 heterocycles. The van der Waals surface area contributed by atoms with Crippen molar-refractivity contribution in [3.63, 3.8) is 0 Å². The van der Waals surface area contributed by atoms with E-state index in [1.54, 1.807) is 24.5 Å². The smallest absolute Gasteiger partial charge is 0.176 e. The average Bonchev–Trinajstić information content (AvgIpc) is 2.82. The lowest BCUT2D eigenvalue weighted by Crippen LogP contribution is -1.85. The highest BCUT2D eigenvalue weighted by Crippen LogP contribution is 2.36. The van der Waals surface area contributed by atoms with Gasteiger partial charge in [0.05, 0.1) is 6.26 Å². The number of hydrogen-bond donors (Lipinski definition) is 1. The predicted molar refractivity (Wildman–Crippen MR) is 69.4 cm³/mol. The van der Waals surface area contributed by atoms with Crippen LogP contribution in [0.4, 0.5) is 0 Å². The van der Waals surface area contributed by atoms with Gasteiger partial charge in [0.25, 0.3) is 0 Å². The van der Waals surface area contributed by atoms with E-state index in [0.717, 1.165) is 5.39 Å². The molecule has 0 unspecified atom stereocenters. The molecule has 0 aliphatic carbocycles. The van der Waals surface area contributed by atoms with Crippen molar-refractivity contribution >= 4 is 22.6 Å². The van der Waals surface area contributed by atoms with Crippen LogP contribution in [0.15, 0.2) is 53.1 Å². The summed E-state index contributed by atoms with van der Waals surface area (Å²) in [6.07, 6.45) is 1.60. The maximum atomic E-state index is 9.74. The number of benzene rings is 2. The second kappa shape index (κ2) is 4.27. The standard InChI is InChI=1S/C14H9ClO3/c15-10-4-5-12(11(16)8-10)18-13-3-1-2-9-6-7-17-14(9)13/h1-8,16H. The molecule has 0 aliphatic rings. The van der Waals surface area contributed by atoms with Gasteiger partial charge in [0.1, 0.15) is 0 Å². The number of hydrogen-bond acceptors (Lipinski definition) is 3. The van der Waals surface area contributed by atoms with E-state index in [0.29, 0.717) is 22.1 Å². The summed E-state index contributed by atoms with van der Waals surface area (Å²) in [4.78, 5) is 0. The number of fused-ring (bicyclic) bond motifs is 1. The minimum Gasteiger partial charge on any atom is -0.504 e. The number of phenolic OH excluding ortho intramolecular Hbond substituents is 1. The first-order chi connectivity index (χ1) is 8.74. The molecule has 0 saturated carbocycles. The summed E-state index contributed by atoms with van der Waals surface area (Å²) in [6, 6.07) is 12.1. The van der Waals surface area contributed by atoms with Crippen molar-refractivity contribution in [2.45, 2.75) is 0 Å². The third-order valence-corrected chi connectivity index (χ3v) is 2.82. The molecule has 0 bridgehead atoms. The van der Waals surface area contributed by atoms with Crippen molar-refractivity contribution in [1.29, 1.82) is 0 Å². The number of aromatic hydroxyl groups is 1. The van der Waals surface area contributed by atoms with Crippen molar-refractivity contribution in [1.82, 2.24) is 0 Å². The summed E-state index contributed by atoms with van der Waals surface area (Å²) in [5, 5.41) is 11.1. The summed E-state index contributed by atoms with van der Waals surface area (Å²) in [5.41, 5.74) is 0.645. The first kappa shape index (κ1) is 11.0. The van der Waals surface area contributed by atoms with E-state index >= 15 is 0 Å². The molecule has 0 fully saturated rings. The fraction of sp³-hybridized carbons (Fsp3) is 0. The lowest BCUT2D eigenvalue weighted by molar-refractivity contribution is 0.409. The normalized spacial score (nSPS) is 10.7. The highest BCUT2D eigenvalue weighted by atomic mass is 35.5. The zero-order valence-electron chi connectivity index (χ0n) is 9.26. The molecule has 1 aromatic heterocycles. The van der Waals surface area contributed by atoms with Crippen LogP contribution in [-0.4, -0.2) is 5.11 Å². The molecule has 1 N–H and O–H groups in total. The molecule has 0 amide bonds. The van der Waals surface area contributed by atoms with Crippen LogP contribution < -0.4 is 4.74 Å². The lowest BCUT2D eigenvalue weighted by atomic mass is 10.2. The summed E-state index contributed by atoms with van der Waals surface area (Å²) in [5.74, 6) is 0.879. The number of rotatable bonds is 2. The Morgan fingerprint density at radius 1 is 1.06 bits per heavy atom. The van der Waals surface area contributed by atoms with Gasteiger partial charge in [-0.2, -0.15) is 0 Å². The molecule has 3 aromatic rings. The zero-order chi connectivity index (χ0) is 12.5. The van der Waals surface area contributed by atoms with Crippen LogP contribution in [0.1, 0.15) is 0 Å². The molecule has 2 aromatic carbocycles. The number of para-hydroxylation sites is 1. The van der Waals surface area contributed by atoms with E-state index < -0.39 is 0 Å². The predicted octanol–water partition coefficient (Wildman–Crippen LogP) is 4.58. The van der Waals surface area contributed by atoms with Gasteiger partial charge >= 0.3 is 0 Å². The zero-order valence-corrected chi connectivity index (χ0v) is 10.0. The van der Waals surface area contributed by atoms with Crippen molar-refractivity contribution < 1.29 is 14.3 Å². The molecule has 3 nitrogen and oxygen atoms in total. The van der Waals surface area contributed by atoms with Gasteiger partial charge in [-0.05, 0) is 24.3 Å². The van der Waals surface area contributed by atoms with Gasteiger partial charge in [-0.15, -0.1) is 0 Å². The second-order valence-corrected chi connectivity index (χ2v) is 4.25. The first-order valence-corrected chi connectivity index (χ1v) is 5.74. The van der Waals surface area contributed by atoms with Gasteiger partial charge in [-0.3, -0.25) is 0 Å². The van der Waals surface area contributed by atoms with E-state index in [4.69, 9.17) is 20.8 Å². The van der Waals surface area contributed by atoms with Gasteiger partial charge < -0.3 is 14.3 Å². The van der Waals surface area contributed by atoms with E-state index in [9.17, 15) is 5.11 Å². The summed E-state index contributed by atoms with van der Waals surface area (Å²) in [6.45, 7) is 0. The average molecular weight is 261 g/mol. The lowest BCUT2D eigenvalue weighted by Gasteiger charge is -2.07. The summed E-state index contributed by atoms with van der Waals surface area (Å²) < 4.78 is 11.0. The number of phenols is 1. The summed E-state index contributed by atoms with van der Waals surface area (Å²) >= 11 is 5.76. The summed E-state index contributed by atoms with van der Waals surface area (Å²) in [7, 11) is 0. The minimum absolute atomic E-state index is 0.00828. The molecule has 0 aliphatic heterocycles. The Kier molecular flexibility index (Phi) is 2.61. The Labute approximate surface area is 108 Å². The van der Waals surface area contributed by atoms with Gasteiger partial charge in [0.2, 0.25) is 0 Å². The van der Waals surface area contributed by atoms with E-state index in [1.807, 2.05) is 18.2 Å². The van der Waals surface area contributed by atoms with Gasteiger partial charge in [-0.1, -0.05) is 23.7 Å². The Hall–Kier alpha value is -2.13. The molecule has 4 heteroatoms. The Balaban J connectivity index is 2.03. The number of ether oxygens (including phenoxy) is 1. The van der Waals surface area contributed by atoms with Crippen LogP contribution in [0.3, 0.4) is 0 Å². The maximum absolute atomic E-state index is 9.74. The molecule has 0 spiro atoms. The Morgan fingerprint density at radius 2 is 1.94 bits per heavy atom. The molecule has 0 saturated heterocycles. The van der Waals surface area contributed by atoms with Crippen LogP contribution in [0.5, 0.6) is 17.2 Å². The Morgan fingerprint density at radius 3 is 2.78 bits per heavy atom. The highest BCUT2D eigenvalue weighted by Gasteiger charge is 2.09. The topological polar surface area (TPSA) is 42.6 Å². The molecule has 3 rings (SSSR count). The van der Waals surface area contributed by atoms with Crippen LogP contribution in [0.25, 0.3) is 11.0 Å². The van der Waals surface area contributed by atoms with Crippen LogP contribution in [0.2, 0.25) is 5.02 Å². The van der Waals surface area contributed by atoms with Gasteiger partial charge in [-0.25, -0.2) is 0 Å². The fourth-order valence-corrected chi connectivity index (χ4v) is 1.91. The Bertz CT molecular complexity index is 703. The van der Waals surface area contributed by atoms with Crippen molar-refractivity contribution in [3.05, 3.63) is 53.8 Å². The third kappa shape index (κ3) is 1.89. The second-order valence-electron chi connectivity index (χ2n) is 3.81. The van der Waals surface area contributed by atoms with Crippen LogP contribution in [-0.2, 0) is 0 Å². The molecular weight excluding hydrogens is 252 g/mol. The molecule has 0 atom stereocenters. The van der Waals surface area contributed by atoms with E-state index in [2.05, 4.69) is 0 Å². The van der Waals surface area contributed by atoms with Crippen molar-refractivity contribution in [2.75, 3.05) is 0 Å². The van der Waals surface area contributed by atoms with E-state index in [-0.39, 0.29) is 5.75 Å². The minimum atomic E-state index is -0.00828. The molecule has 0 radical (unpaired) electrons. The van der Waals surface area contributed by atoms with Crippen molar-refractivity contribution in [3.8, 4) is 17.2 Å². The van der Waals surface area contributed by atoms with E-state index in [1.165, 1.54) is 6.07 Å². The van der Waals surface area contributed by atoms with Crippen LogP contribution in [0, 0.1) is 0 Å². The highest BCUT2D eigenvalue weighted by molar-refractivity contribution is 6.30. The largest absolute Gasteiger partial charge is 0.504 e. The fourth-order valence-electron chi connectivity index (χ4n) is 1.74. The molecular formula is C14H9ClO3. The SMILES string of the molecule is Oc1cc(Cl)ccc1Oc1cccc2ccoc12.